The molecule has 20 heavy (non-hydrogen) atoms. The van der Waals surface area contributed by atoms with Crippen molar-refractivity contribution in [1.82, 2.24) is 0 Å². The van der Waals surface area contributed by atoms with Crippen LogP contribution in [0.2, 0.25) is 0 Å². The Morgan fingerprint density at radius 2 is 2.30 bits per heavy atom. The lowest BCUT2D eigenvalue weighted by atomic mass is 10.1. The smallest absolute Gasteiger partial charge is 0.344 e. The Labute approximate surface area is 117 Å². The molecule has 3 rings (SSSR count). The minimum atomic E-state index is -3.76. The first-order chi connectivity index (χ1) is 9.55. The standard InChI is InChI=1S/C12H15N3O4S/c13-12-11-9(14-20(16,17)15-12)4-1-5-10(11)19-8-3-2-6-18-7-8/h1,4-5,8,14H,2-3,6-7H2,(H2,13,15)/t8-/m0/s1. The van der Waals surface area contributed by atoms with Crippen molar-refractivity contribution in [3.05, 3.63) is 23.8 Å². The summed E-state index contributed by atoms with van der Waals surface area (Å²) < 4.78 is 40.0. The lowest BCUT2D eigenvalue weighted by molar-refractivity contribution is 0.00738. The Bertz CT molecular complexity index is 651. The molecule has 1 aromatic rings. The fourth-order valence-electron chi connectivity index (χ4n) is 2.30. The number of hydrogen-bond acceptors (Lipinski definition) is 5. The average molecular weight is 297 g/mol. The Morgan fingerprint density at radius 3 is 3.05 bits per heavy atom. The molecule has 1 fully saturated rings. The highest BCUT2D eigenvalue weighted by atomic mass is 32.2. The van der Waals surface area contributed by atoms with E-state index in [0.29, 0.717) is 23.6 Å². The molecule has 0 aromatic heterocycles. The fourth-order valence-corrected chi connectivity index (χ4v) is 3.14. The van der Waals surface area contributed by atoms with Crippen molar-refractivity contribution in [1.29, 1.82) is 0 Å². The second kappa shape index (κ2) is 4.95. The van der Waals surface area contributed by atoms with Gasteiger partial charge in [0.2, 0.25) is 0 Å². The summed E-state index contributed by atoms with van der Waals surface area (Å²) in [6, 6.07) is 5.08. The molecule has 1 saturated heterocycles. The molecule has 0 unspecified atom stereocenters. The molecule has 2 aliphatic heterocycles. The van der Waals surface area contributed by atoms with Gasteiger partial charge in [0.1, 0.15) is 11.9 Å². The molecule has 2 aliphatic rings. The van der Waals surface area contributed by atoms with E-state index in [1.165, 1.54) is 0 Å². The van der Waals surface area contributed by atoms with Gasteiger partial charge in [-0.05, 0) is 25.0 Å². The maximum Gasteiger partial charge on any atom is 0.344 e. The molecule has 1 aromatic carbocycles. The molecule has 7 nitrogen and oxygen atoms in total. The topological polar surface area (TPSA) is 103 Å². The second-order valence-corrected chi connectivity index (χ2v) is 6.03. The van der Waals surface area contributed by atoms with Crippen LogP contribution in [0.15, 0.2) is 22.6 Å². The van der Waals surface area contributed by atoms with E-state index in [9.17, 15) is 8.42 Å². The summed E-state index contributed by atoms with van der Waals surface area (Å²) in [5, 5.41) is 0. The highest BCUT2D eigenvalue weighted by Crippen LogP contribution is 2.31. The first-order valence-electron chi connectivity index (χ1n) is 6.31. The first-order valence-corrected chi connectivity index (χ1v) is 7.75. The Kier molecular flexibility index (Phi) is 3.27. The van der Waals surface area contributed by atoms with Crippen LogP contribution < -0.4 is 15.2 Å². The number of anilines is 1. The molecule has 0 aliphatic carbocycles. The van der Waals surface area contributed by atoms with Crippen molar-refractivity contribution >= 4 is 21.7 Å². The normalized spacial score (nSPS) is 24.2. The van der Waals surface area contributed by atoms with Crippen LogP contribution in [0, 0.1) is 0 Å². The Morgan fingerprint density at radius 1 is 1.45 bits per heavy atom. The summed E-state index contributed by atoms with van der Waals surface area (Å²) in [6.07, 6.45) is 1.78. The van der Waals surface area contributed by atoms with Crippen molar-refractivity contribution in [3.63, 3.8) is 0 Å². The minimum absolute atomic E-state index is 0.0541. The third-order valence-corrected chi connectivity index (χ3v) is 4.07. The number of amidine groups is 1. The third-order valence-electron chi connectivity index (χ3n) is 3.15. The number of ether oxygens (including phenoxy) is 2. The van der Waals surface area contributed by atoms with Gasteiger partial charge in [0.05, 0.1) is 17.9 Å². The van der Waals surface area contributed by atoms with Crippen LogP contribution in [0.4, 0.5) is 5.69 Å². The quantitative estimate of drug-likeness (QED) is 0.833. The summed E-state index contributed by atoms with van der Waals surface area (Å²) in [6.45, 7) is 1.27. The van der Waals surface area contributed by atoms with Crippen molar-refractivity contribution in [2.24, 2.45) is 10.1 Å². The van der Waals surface area contributed by atoms with Crippen LogP contribution in [0.25, 0.3) is 0 Å². The first kappa shape index (κ1) is 13.2. The van der Waals surface area contributed by atoms with Gasteiger partial charge >= 0.3 is 10.2 Å². The van der Waals surface area contributed by atoms with Crippen LogP contribution in [0.3, 0.4) is 0 Å². The third kappa shape index (κ3) is 2.56. The Balaban J connectivity index is 1.94. The van der Waals surface area contributed by atoms with Crippen molar-refractivity contribution in [2.75, 3.05) is 17.9 Å². The van der Waals surface area contributed by atoms with Crippen LogP contribution in [-0.4, -0.2) is 33.6 Å². The average Bonchev–Trinajstić information content (AvgIpc) is 2.38. The molecule has 1 atom stereocenters. The van der Waals surface area contributed by atoms with Crippen molar-refractivity contribution < 1.29 is 17.9 Å². The van der Waals surface area contributed by atoms with Gasteiger partial charge in [-0.2, -0.15) is 8.42 Å². The predicted molar refractivity (Wildman–Crippen MR) is 74.2 cm³/mol. The van der Waals surface area contributed by atoms with Gasteiger partial charge in [0.25, 0.3) is 0 Å². The van der Waals surface area contributed by atoms with E-state index in [2.05, 4.69) is 9.12 Å². The molecule has 8 heteroatoms. The molecule has 0 spiro atoms. The fraction of sp³-hybridized carbons (Fsp3) is 0.417. The zero-order valence-electron chi connectivity index (χ0n) is 10.7. The largest absolute Gasteiger partial charge is 0.487 e. The molecule has 0 radical (unpaired) electrons. The minimum Gasteiger partial charge on any atom is -0.487 e. The highest BCUT2D eigenvalue weighted by molar-refractivity contribution is 7.91. The number of nitrogens with one attached hydrogen (secondary N) is 1. The van der Waals surface area contributed by atoms with E-state index in [1.54, 1.807) is 18.2 Å². The van der Waals surface area contributed by atoms with Gasteiger partial charge < -0.3 is 15.2 Å². The molecule has 3 N–H and O–H groups in total. The Hall–Kier alpha value is -1.80. The molecule has 0 saturated carbocycles. The number of benzene rings is 1. The summed E-state index contributed by atoms with van der Waals surface area (Å²) >= 11 is 0. The van der Waals surface area contributed by atoms with Gasteiger partial charge in [-0.1, -0.05) is 6.07 Å². The number of nitrogens with zero attached hydrogens (tertiary/aromatic N) is 1. The molecule has 0 bridgehead atoms. The van der Waals surface area contributed by atoms with Crippen LogP contribution in [-0.2, 0) is 14.9 Å². The number of rotatable bonds is 2. The van der Waals surface area contributed by atoms with Gasteiger partial charge in [0, 0.05) is 6.61 Å². The van der Waals surface area contributed by atoms with Gasteiger partial charge in [-0.3, -0.25) is 4.72 Å². The van der Waals surface area contributed by atoms with Crippen LogP contribution >= 0.6 is 0 Å². The molecular weight excluding hydrogens is 282 g/mol. The maximum atomic E-state index is 11.5. The summed E-state index contributed by atoms with van der Waals surface area (Å²) in [5.41, 5.74) is 6.61. The van der Waals surface area contributed by atoms with Gasteiger partial charge in [-0.15, -0.1) is 4.40 Å². The SMILES string of the molecule is NC1=NS(=O)(=O)Nc2cccc(O[C@H]3CCCOC3)c21. The molecule has 0 amide bonds. The van der Waals surface area contributed by atoms with E-state index >= 15 is 0 Å². The van der Waals surface area contributed by atoms with E-state index in [4.69, 9.17) is 15.2 Å². The second-order valence-electron chi connectivity index (χ2n) is 4.69. The van der Waals surface area contributed by atoms with Gasteiger partial charge in [0.15, 0.2) is 5.84 Å². The van der Waals surface area contributed by atoms with E-state index < -0.39 is 10.2 Å². The van der Waals surface area contributed by atoms with Crippen LogP contribution in [0.1, 0.15) is 18.4 Å². The summed E-state index contributed by atoms with van der Waals surface area (Å²) in [4.78, 5) is 0. The van der Waals surface area contributed by atoms with Crippen molar-refractivity contribution in [2.45, 2.75) is 18.9 Å². The number of nitrogens with two attached hydrogens (primary N) is 1. The zero-order valence-corrected chi connectivity index (χ0v) is 11.5. The maximum absolute atomic E-state index is 11.5. The molecular formula is C12H15N3O4S. The van der Waals surface area contributed by atoms with E-state index in [1.807, 2.05) is 0 Å². The van der Waals surface area contributed by atoms with Gasteiger partial charge in [-0.25, -0.2) is 0 Å². The van der Waals surface area contributed by atoms with Crippen LogP contribution in [0.5, 0.6) is 5.75 Å². The summed E-state index contributed by atoms with van der Waals surface area (Å²) in [7, 11) is -3.76. The van der Waals surface area contributed by atoms with E-state index in [-0.39, 0.29) is 11.9 Å². The van der Waals surface area contributed by atoms with E-state index in [0.717, 1.165) is 19.4 Å². The number of hydrogen-bond donors (Lipinski definition) is 2. The molecule has 2 heterocycles. The monoisotopic (exact) mass is 297 g/mol. The molecule has 108 valence electrons. The van der Waals surface area contributed by atoms with Crippen molar-refractivity contribution in [3.8, 4) is 5.75 Å². The predicted octanol–water partition coefficient (Wildman–Crippen LogP) is 0.620. The lowest BCUT2D eigenvalue weighted by Crippen LogP contribution is -2.31. The zero-order chi connectivity index (χ0) is 14.2. The summed E-state index contributed by atoms with van der Waals surface area (Å²) in [5.74, 6) is 0.452. The lowest BCUT2D eigenvalue weighted by Gasteiger charge is -2.26. The highest BCUT2D eigenvalue weighted by Gasteiger charge is 2.26. The number of fused-ring (bicyclic) bond motifs is 1.